The molecule has 0 N–H and O–H groups in total. The molecule has 4 nitrogen and oxygen atoms in total. The van der Waals surface area contributed by atoms with Gasteiger partial charge < -0.3 is 9.30 Å². The fourth-order valence-corrected chi connectivity index (χ4v) is 2.74. The first-order valence-electron chi connectivity index (χ1n) is 7.12. The quantitative estimate of drug-likeness (QED) is 0.585. The predicted octanol–water partition coefficient (Wildman–Crippen LogP) is 3.10. The number of hydrogen-bond donors (Lipinski definition) is 0. The summed E-state index contributed by atoms with van der Waals surface area (Å²) in [6, 6.07) is 11.8. The lowest BCUT2D eigenvalue weighted by Crippen LogP contribution is -2.26. The predicted molar refractivity (Wildman–Crippen MR) is 88.9 cm³/mol. The zero-order valence-electron chi connectivity index (χ0n) is 12.4. The Labute approximate surface area is 137 Å². The Morgan fingerprint density at radius 2 is 2.00 bits per heavy atom. The van der Waals surface area contributed by atoms with E-state index in [2.05, 4.69) is 15.9 Å². The molecule has 0 atom stereocenters. The van der Waals surface area contributed by atoms with Crippen molar-refractivity contribution in [2.45, 2.75) is 26.3 Å². The Morgan fingerprint density at radius 3 is 2.73 bits per heavy atom. The van der Waals surface area contributed by atoms with Crippen molar-refractivity contribution in [1.29, 1.82) is 0 Å². The number of nitrogens with zero attached hydrogens (tertiary/aromatic N) is 1. The second kappa shape index (κ2) is 7.94. The van der Waals surface area contributed by atoms with Crippen molar-refractivity contribution in [3.63, 3.8) is 0 Å². The summed E-state index contributed by atoms with van der Waals surface area (Å²) in [5.74, 6) is -0.396. The van der Waals surface area contributed by atoms with E-state index in [9.17, 15) is 9.59 Å². The van der Waals surface area contributed by atoms with E-state index in [1.165, 1.54) is 10.1 Å². The minimum atomic E-state index is -0.396. The van der Waals surface area contributed by atoms with Crippen molar-refractivity contribution in [3.8, 4) is 0 Å². The molecule has 0 aliphatic rings. The van der Waals surface area contributed by atoms with E-state index in [-0.39, 0.29) is 12.1 Å². The molecular formula is C17H18BrNO3. The number of pyridine rings is 1. The molecule has 1 aromatic carbocycles. The average Bonchev–Trinajstić information content (AvgIpc) is 2.50. The van der Waals surface area contributed by atoms with Crippen molar-refractivity contribution < 1.29 is 9.53 Å². The van der Waals surface area contributed by atoms with Gasteiger partial charge >= 0.3 is 5.97 Å². The van der Waals surface area contributed by atoms with E-state index in [1.807, 2.05) is 37.3 Å². The molecule has 0 bridgehead atoms. The number of halogens is 1. The van der Waals surface area contributed by atoms with Crippen molar-refractivity contribution in [3.05, 3.63) is 68.5 Å². The van der Waals surface area contributed by atoms with Crippen LogP contribution in [0, 0.1) is 6.92 Å². The molecule has 2 aromatic rings. The minimum absolute atomic E-state index is 0.0650. The number of benzene rings is 1. The standard InChI is InChI=1S/C17H18BrNO3/c1-13-10-15(18)17(21)19(11-13)12-16(20)22-9-5-8-14-6-3-2-4-7-14/h2-4,6-7,10-11H,5,8-9,12H2,1H3. The number of carbonyl (C=O) groups excluding carboxylic acids is 1. The number of aryl methyl sites for hydroxylation is 2. The fourth-order valence-electron chi connectivity index (χ4n) is 2.15. The van der Waals surface area contributed by atoms with Crippen LogP contribution in [0.1, 0.15) is 17.5 Å². The van der Waals surface area contributed by atoms with Crippen molar-refractivity contribution >= 4 is 21.9 Å². The third kappa shape index (κ3) is 4.84. The van der Waals surface area contributed by atoms with Crippen LogP contribution in [-0.2, 0) is 22.5 Å². The number of rotatable bonds is 6. The zero-order chi connectivity index (χ0) is 15.9. The van der Waals surface area contributed by atoms with E-state index >= 15 is 0 Å². The lowest BCUT2D eigenvalue weighted by Gasteiger charge is -2.08. The highest BCUT2D eigenvalue weighted by Gasteiger charge is 2.08. The molecule has 0 spiro atoms. The highest BCUT2D eigenvalue weighted by Crippen LogP contribution is 2.06. The maximum atomic E-state index is 11.9. The van der Waals surface area contributed by atoms with Crippen molar-refractivity contribution in [1.82, 2.24) is 4.57 Å². The van der Waals surface area contributed by atoms with Crippen molar-refractivity contribution in [2.24, 2.45) is 0 Å². The summed E-state index contributed by atoms with van der Waals surface area (Å²) in [5.41, 5.74) is 1.90. The summed E-state index contributed by atoms with van der Waals surface area (Å²) in [5, 5.41) is 0. The van der Waals surface area contributed by atoms with E-state index in [1.54, 1.807) is 12.3 Å². The van der Waals surface area contributed by atoms with Gasteiger partial charge in [0.2, 0.25) is 0 Å². The molecule has 0 aliphatic carbocycles. The van der Waals surface area contributed by atoms with E-state index in [0.717, 1.165) is 18.4 Å². The van der Waals surface area contributed by atoms with Crippen LogP contribution >= 0.6 is 15.9 Å². The summed E-state index contributed by atoms with van der Waals surface area (Å²) < 4.78 is 7.00. The maximum absolute atomic E-state index is 11.9. The number of esters is 1. The van der Waals surface area contributed by atoms with Gasteiger partial charge in [0.25, 0.3) is 5.56 Å². The molecule has 0 saturated heterocycles. The molecule has 0 radical (unpaired) electrons. The molecule has 116 valence electrons. The van der Waals surface area contributed by atoms with Crippen LogP contribution in [0.3, 0.4) is 0 Å². The van der Waals surface area contributed by atoms with Crippen molar-refractivity contribution in [2.75, 3.05) is 6.61 Å². The average molecular weight is 364 g/mol. The maximum Gasteiger partial charge on any atom is 0.326 e. The smallest absolute Gasteiger partial charge is 0.326 e. The molecule has 0 saturated carbocycles. The molecule has 22 heavy (non-hydrogen) atoms. The van der Waals surface area contributed by atoms with Gasteiger partial charge in [0.05, 0.1) is 11.1 Å². The number of hydrogen-bond acceptors (Lipinski definition) is 3. The molecule has 0 unspecified atom stereocenters. The summed E-state index contributed by atoms with van der Waals surface area (Å²) in [4.78, 5) is 23.7. The Hall–Kier alpha value is -1.88. The van der Waals surface area contributed by atoms with Crippen LogP contribution in [0.2, 0.25) is 0 Å². The topological polar surface area (TPSA) is 48.3 Å². The largest absolute Gasteiger partial charge is 0.464 e. The molecule has 0 amide bonds. The highest BCUT2D eigenvalue weighted by molar-refractivity contribution is 9.10. The van der Waals surface area contributed by atoms with Crippen LogP contribution in [-0.4, -0.2) is 17.1 Å². The fraction of sp³-hybridized carbons (Fsp3) is 0.294. The summed E-state index contributed by atoms with van der Waals surface area (Å²) in [6.07, 6.45) is 3.28. The van der Waals surface area contributed by atoms with E-state index in [0.29, 0.717) is 11.1 Å². The monoisotopic (exact) mass is 363 g/mol. The zero-order valence-corrected chi connectivity index (χ0v) is 14.0. The third-order valence-electron chi connectivity index (χ3n) is 3.19. The number of carbonyl (C=O) groups is 1. The summed E-state index contributed by atoms with van der Waals surface area (Å²) in [6.45, 7) is 2.16. The van der Waals surface area contributed by atoms with Crippen LogP contribution in [0.5, 0.6) is 0 Å². The van der Waals surface area contributed by atoms with Gasteiger partial charge in [-0.2, -0.15) is 0 Å². The molecule has 0 fully saturated rings. The number of aromatic nitrogens is 1. The van der Waals surface area contributed by atoms with Gasteiger partial charge in [0.15, 0.2) is 0 Å². The summed E-state index contributed by atoms with van der Waals surface area (Å²) >= 11 is 3.19. The number of ether oxygens (including phenoxy) is 1. The van der Waals surface area contributed by atoms with Crippen LogP contribution in [0.25, 0.3) is 0 Å². The second-order valence-corrected chi connectivity index (χ2v) is 5.96. The molecule has 1 heterocycles. The lowest BCUT2D eigenvalue weighted by molar-refractivity contribution is -0.144. The molecule has 0 aliphatic heterocycles. The summed E-state index contributed by atoms with van der Waals surface area (Å²) in [7, 11) is 0. The van der Waals surface area contributed by atoms with Gasteiger partial charge in [-0.1, -0.05) is 30.3 Å². The van der Waals surface area contributed by atoms with Gasteiger partial charge in [-0.3, -0.25) is 9.59 Å². The van der Waals surface area contributed by atoms with Gasteiger partial charge in [-0.05, 0) is 52.9 Å². The molecule has 5 heteroatoms. The van der Waals surface area contributed by atoms with E-state index in [4.69, 9.17) is 4.74 Å². The first-order chi connectivity index (χ1) is 10.6. The van der Waals surface area contributed by atoms with Gasteiger partial charge in [0, 0.05) is 6.20 Å². The van der Waals surface area contributed by atoms with E-state index < -0.39 is 5.97 Å². The minimum Gasteiger partial charge on any atom is -0.464 e. The van der Waals surface area contributed by atoms with Gasteiger partial charge in [0.1, 0.15) is 6.54 Å². The highest BCUT2D eigenvalue weighted by atomic mass is 79.9. The van der Waals surface area contributed by atoms with Gasteiger partial charge in [-0.25, -0.2) is 0 Å². The molecular weight excluding hydrogens is 346 g/mol. The first-order valence-corrected chi connectivity index (χ1v) is 7.91. The lowest BCUT2D eigenvalue weighted by atomic mass is 10.1. The third-order valence-corrected chi connectivity index (χ3v) is 3.76. The molecule has 2 rings (SSSR count). The second-order valence-electron chi connectivity index (χ2n) is 5.11. The first kappa shape index (κ1) is 16.5. The van der Waals surface area contributed by atoms with Crippen LogP contribution in [0.15, 0.2) is 51.9 Å². The Bertz CT molecular complexity index is 695. The van der Waals surface area contributed by atoms with Crippen LogP contribution < -0.4 is 5.56 Å². The Morgan fingerprint density at radius 1 is 1.27 bits per heavy atom. The molecule has 1 aromatic heterocycles. The van der Waals surface area contributed by atoms with Crippen LogP contribution in [0.4, 0.5) is 0 Å². The Balaban J connectivity index is 1.80. The SMILES string of the molecule is Cc1cc(Br)c(=O)n(CC(=O)OCCCc2ccccc2)c1. The van der Waals surface area contributed by atoms with Gasteiger partial charge in [-0.15, -0.1) is 0 Å². The Kier molecular flexibility index (Phi) is 5.95. The normalized spacial score (nSPS) is 10.5.